The number of ether oxygens (including phenoxy) is 1. The molecule has 0 heterocycles. The standard InChI is InChI=1S/C14H12O2.C2H4O2/c15-14(11-12-7-3-1-4-8-12)16-13-9-5-2-6-10-13;1-2(3)4/h1-10H,11H2;1H3,(H,3,4). The Morgan fingerprint density at radius 3 is 1.90 bits per heavy atom. The van der Waals surface area contributed by atoms with E-state index in [1.807, 2.05) is 48.5 Å². The molecule has 0 fully saturated rings. The van der Waals surface area contributed by atoms with Crippen molar-refractivity contribution in [2.45, 2.75) is 13.3 Å². The molecule has 0 bridgehead atoms. The van der Waals surface area contributed by atoms with E-state index in [4.69, 9.17) is 14.6 Å². The Kier molecular flexibility index (Phi) is 6.54. The molecule has 2 rings (SSSR count). The van der Waals surface area contributed by atoms with Gasteiger partial charge in [0.15, 0.2) is 0 Å². The van der Waals surface area contributed by atoms with Gasteiger partial charge < -0.3 is 9.84 Å². The predicted octanol–water partition coefficient (Wildman–Crippen LogP) is 2.93. The van der Waals surface area contributed by atoms with Gasteiger partial charge in [0.1, 0.15) is 5.75 Å². The number of carbonyl (C=O) groups excluding carboxylic acids is 1. The SMILES string of the molecule is CC(=O)O.O=C(Cc1ccccc1)Oc1ccccc1. The molecule has 2 aromatic rings. The van der Waals surface area contributed by atoms with Crippen molar-refractivity contribution in [1.82, 2.24) is 0 Å². The average molecular weight is 272 g/mol. The van der Waals surface area contributed by atoms with E-state index < -0.39 is 5.97 Å². The van der Waals surface area contributed by atoms with Crippen molar-refractivity contribution in [3.63, 3.8) is 0 Å². The van der Waals surface area contributed by atoms with Crippen molar-refractivity contribution in [2.75, 3.05) is 0 Å². The Labute approximate surface area is 117 Å². The first-order valence-electron chi connectivity index (χ1n) is 6.07. The Bertz CT molecular complexity index is 487. The number of benzene rings is 2. The number of carboxylic acids is 1. The highest BCUT2D eigenvalue weighted by atomic mass is 16.5. The smallest absolute Gasteiger partial charge is 0.315 e. The van der Waals surface area contributed by atoms with E-state index >= 15 is 0 Å². The second-order valence-electron chi connectivity index (χ2n) is 3.97. The van der Waals surface area contributed by atoms with Crippen LogP contribution in [0.25, 0.3) is 0 Å². The van der Waals surface area contributed by atoms with Crippen LogP contribution < -0.4 is 4.74 Å². The van der Waals surface area contributed by atoms with Gasteiger partial charge in [-0.3, -0.25) is 9.59 Å². The van der Waals surface area contributed by atoms with Crippen LogP contribution >= 0.6 is 0 Å². The molecule has 4 nitrogen and oxygen atoms in total. The summed E-state index contributed by atoms with van der Waals surface area (Å²) in [5.41, 5.74) is 0.962. The van der Waals surface area contributed by atoms with E-state index in [0.717, 1.165) is 12.5 Å². The van der Waals surface area contributed by atoms with E-state index in [1.165, 1.54) is 0 Å². The van der Waals surface area contributed by atoms with Crippen molar-refractivity contribution in [3.8, 4) is 5.75 Å². The van der Waals surface area contributed by atoms with Gasteiger partial charge in [0.25, 0.3) is 5.97 Å². The van der Waals surface area contributed by atoms with Crippen LogP contribution in [0.2, 0.25) is 0 Å². The molecule has 4 heteroatoms. The zero-order chi connectivity index (χ0) is 14.8. The van der Waals surface area contributed by atoms with Crippen LogP contribution in [-0.2, 0) is 16.0 Å². The summed E-state index contributed by atoms with van der Waals surface area (Å²) in [6, 6.07) is 18.7. The number of esters is 1. The molecular formula is C16H16O4. The fourth-order valence-corrected chi connectivity index (χ4v) is 1.42. The average Bonchev–Trinajstić information content (AvgIpc) is 2.40. The predicted molar refractivity (Wildman–Crippen MR) is 75.5 cm³/mol. The van der Waals surface area contributed by atoms with Crippen molar-refractivity contribution in [3.05, 3.63) is 66.2 Å². The van der Waals surface area contributed by atoms with Crippen molar-refractivity contribution >= 4 is 11.9 Å². The quantitative estimate of drug-likeness (QED) is 0.689. The molecule has 20 heavy (non-hydrogen) atoms. The molecular weight excluding hydrogens is 256 g/mol. The fourth-order valence-electron chi connectivity index (χ4n) is 1.42. The van der Waals surface area contributed by atoms with Crippen LogP contribution in [0.15, 0.2) is 60.7 Å². The van der Waals surface area contributed by atoms with Gasteiger partial charge >= 0.3 is 5.97 Å². The molecule has 104 valence electrons. The third-order valence-corrected chi connectivity index (χ3v) is 2.17. The van der Waals surface area contributed by atoms with Crippen LogP contribution in [0, 0.1) is 0 Å². The molecule has 0 spiro atoms. The monoisotopic (exact) mass is 272 g/mol. The first-order chi connectivity index (χ1) is 9.58. The first kappa shape index (κ1) is 15.4. The summed E-state index contributed by atoms with van der Waals surface area (Å²) < 4.78 is 5.18. The molecule has 0 radical (unpaired) electrons. The Hall–Kier alpha value is -2.62. The molecule has 0 aliphatic carbocycles. The summed E-state index contributed by atoms with van der Waals surface area (Å²) in [6.45, 7) is 1.08. The highest BCUT2D eigenvalue weighted by molar-refractivity contribution is 5.75. The molecule has 0 amide bonds. The van der Waals surface area contributed by atoms with Crippen LogP contribution in [0.3, 0.4) is 0 Å². The maximum Gasteiger partial charge on any atom is 0.315 e. The van der Waals surface area contributed by atoms with E-state index in [1.54, 1.807) is 12.1 Å². The lowest BCUT2D eigenvalue weighted by Gasteiger charge is -2.03. The number of hydrogen-bond donors (Lipinski definition) is 1. The first-order valence-corrected chi connectivity index (χ1v) is 6.07. The van der Waals surface area contributed by atoms with Gasteiger partial charge in [0.05, 0.1) is 6.42 Å². The van der Waals surface area contributed by atoms with Gasteiger partial charge in [-0.2, -0.15) is 0 Å². The second kappa shape index (κ2) is 8.48. The van der Waals surface area contributed by atoms with Crippen LogP contribution in [0.4, 0.5) is 0 Å². The Morgan fingerprint density at radius 1 is 0.950 bits per heavy atom. The zero-order valence-corrected chi connectivity index (χ0v) is 11.2. The number of rotatable bonds is 3. The van der Waals surface area contributed by atoms with Gasteiger partial charge in [-0.25, -0.2) is 0 Å². The minimum atomic E-state index is -0.833. The summed E-state index contributed by atoms with van der Waals surface area (Å²) in [5.74, 6) is -0.485. The second-order valence-corrected chi connectivity index (χ2v) is 3.97. The summed E-state index contributed by atoms with van der Waals surface area (Å²) >= 11 is 0. The third kappa shape index (κ3) is 6.96. The lowest BCUT2D eigenvalue weighted by Crippen LogP contribution is -2.10. The number of para-hydroxylation sites is 1. The molecule has 1 N–H and O–H groups in total. The number of aliphatic carboxylic acids is 1. The minimum Gasteiger partial charge on any atom is -0.481 e. The molecule has 0 aromatic heterocycles. The van der Waals surface area contributed by atoms with Gasteiger partial charge in [0, 0.05) is 6.92 Å². The summed E-state index contributed by atoms with van der Waals surface area (Å²) in [7, 11) is 0. The zero-order valence-electron chi connectivity index (χ0n) is 11.2. The Morgan fingerprint density at radius 2 is 1.40 bits per heavy atom. The largest absolute Gasteiger partial charge is 0.481 e. The minimum absolute atomic E-state index is 0.239. The lowest BCUT2D eigenvalue weighted by atomic mass is 10.2. The number of carbonyl (C=O) groups is 2. The molecule has 2 aromatic carbocycles. The molecule has 0 aliphatic heterocycles. The van der Waals surface area contributed by atoms with Gasteiger partial charge in [-0.1, -0.05) is 48.5 Å². The van der Waals surface area contributed by atoms with Crippen LogP contribution in [0.5, 0.6) is 5.75 Å². The fraction of sp³-hybridized carbons (Fsp3) is 0.125. The normalized spacial score (nSPS) is 9.05. The number of hydrogen-bond acceptors (Lipinski definition) is 3. The number of carboxylic acid groups (broad SMARTS) is 1. The van der Waals surface area contributed by atoms with Gasteiger partial charge in [-0.15, -0.1) is 0 Å². The molecule has 0 atom stereocenters. The highest BCUT2D eigenvalue weighted by Crippen LogP contribution is 2.10. The van der Waals surface area contributed by atoms with Gasteiger partial charge in [-0.05, 0) is 17.7 Å². The van der Waals surface area contributed by atoms with Crippen LogP contribution in [0.1, 0.15) is 12.5 Å². The maximum atomic E-state index is 11.6. The summed E-state index contributed by atoms with van der Waals surface area (Å²) in [5, 5.41) is 7.42. The Balaban J connectivity index is 0.000000444. The van der Waals surface area contributed by atoms with Gasteiger partial charge in [0.2, 0.25) is 0 Å². The molecule has 0 saturated heterocycles. The van der Waals surface area contributed by atoms with Crippen LogP contribution in [-0.4, -0.2) is 17.0 Å². The molecule has 0 aliphatic rings. The van der Waals surface area contributed by atoms with E-state index in [-0.39, 0.29) is 5.97 Å². The summed E-state index contributed by atoms with van der Waals surface area (Å²) in [6.07, 6.45) is 0.301. The van der Waals surface area contributed by atoms with E-state index in [2.05, 4.69) is 0 Å². The highest BCUT2D eigenvalue weighted by Gasteiger charge is 2.05. The van der Waals surface area contributed by atoms with Crippen molar-refractivity contribution in [1.29, 1.82) is 0 Å². The molecule has 0 unspecified atom stereocenters. The lowest BCUT2D eigenvalue weighted by molar-refractivity contribution is -0.135. The molecule has 0 saturated carbocycles. The summed E-state index contributed by atoms with van der Waals surface area (Å²) in [4.78, 5) is 20.6. The van der Waals surface area contributed by atoms with Crippen molar-refractivity contribution < 1.29 is 19.4 Å². The van der Waals surface area contributed by atoms with Crippen molar-refractivity contribution in [2.24, 2.45) is 0 Å². The third-order valence-electron chi connectivity index (χ3n) is 2.17. The van der Waals surface area contributed by atoms with E-state index in [0.29, 0.717) is 12.2 Å². The van der Waals surface area contributed by atoms with E-state index in [9.17, 15) is 4.79 Å². The topological polar surface area (TPSA) is 63.6 Å². The maximum absolute atomic E-state index is 11.6.